The van der Waals surface area contributed by atoms with E-state index in [0.717, 1.165) is 11.3 Å². The lowest BCUT2D eigenvalue weighted by atomic mass is 10.1. The van der Waals surface area contributed by atoms with Crippen LogP contribution in [0.4, 0.5) is 0 Å². The van der Waals surface area contributed by atoms with E-state index in [1.807, 2.05) is 31.2 Å². The third-order valence-corrected chi connectivity index (χ3v) is 2.24. The van der Waals surface area contributed by atoms with Crippen LogP contribution >= 0.6 is 0 Å². The van der Waals surface area contributed by atoms with Gasteiger partial charge in [-0.3, -0.25) is 0 Å². The number of nitrogens with zero attached hydrogens (tertiary/aromatic N) is 1. The van der Waals surface area contributed by atoms with Gasteiger partial charge in [-0.2, -0.15) is 0 Å². The van der Waals surface area contributed by atoms with Crippen molar-refractivity contribution < 1.29 is 9.47 Å². The molecule has 0 spiro atoms. The molecule has 1 atom stereocenters. The van der Waals surface area contributed by atoms with Crippen molar-refractivity contribution >= 4 is 6.02 Å². The monoisotopic (exact) mass is 206 g/mol. The standard InChI is InChI=1S/C11H14N2O2/c1-2-14-9-6-4-3-5-8(9)10-7-13-11(12)15-10/h3-6,10H,2,7H2,1H3,(H2,12,13). The van der Waals surface area contributed by atoms with Crippen LogP contribution in [0, 0.1) is 0 Å². The number of amidine groups is 1. The van der Waals surface area contributed by atoms with Gasteiger partial charge < -0.3 is 15.2 Å². The summed E-state index contributed by atoms with van der Waals surface area (Å²) in [7, 11) is 0. The van der Waals surface area contributed by atoms with Gasteiger partial charge in [0.25, 0.3) is 6.02 Å². The number of benzene rings is 1. The Bertz CT molecular complexity index is 377. The van der Waals surface area contributed by atoms with Crippen molar-refractivity contribution in [1.29, 1.82) is 0 Å². The van der Waals surface area contributed by atoms with Crippen molar-refractivity contribution in [1.82, 2.24) is 0 Å². The Hall–Kier alpha value is -1.71. The fourth-order valence-corrected chi connectivity index (χ4v) is 1.59. The van der Waals surface area contributed by atoms with Gasteiger partial charge in [-0.25, -0.2) is 4.99 Å². The minimum Gasteiger partial charge on any atom is -0.493 e. The Kier molecular flexibility index (Phi) is 2.76. The summed E-state index contributed by atoms with van der Waals surface area (Å²) < 4.78 is 10.9. The second kappa shape index (κ2) is 4.21. The van der Waals surface area contributed by atoms with Crippen LogP contribution in [-0.4, -0.2) is 19.2 Å². The molecular formula is C11H14N2O2. The van der Waals surface area contributed by atoms with E-state index in [2.05, 4.69) is 4.99 Å². The molecule has 0 saturated heterocycles. The molecule has 4 heteroatoms. The lowest BCUT2D eigenvalue weighted by molar-refractivity contribution is 0.217. The molecule has 0 bridgehead atoms. The molecule has 0 saturated carbocycles. The maximum Gasteiger partial charge on any atom is 0.282 e. The SMILES string of the molecule is CCOc1ccccc1C1CN=C(N)O1. The van der Waals surface area contributed by atoms with E-state index < -0.39 is 0 Å². The van der Waals surface area contributed by atoms with E-state index in [9.17, 15) is 0 Å². The topological polar surface area (TPSA) is 56.8 Å². The van der Waals surface area contributed by atoms with Gasteiger partial charge in [-0.1, -0.05) is 18.2 Å². The summed E-state index contributed by atoms with van der Waals surface area (Å²) in [5.74, 6) is 0.843. The second-order valence-corrected chi connectivity index (χ2v) is 3.26. The van der Waals surface area contributed by atoms with Crippen molar-refractivity contribution in [3.05, 3.63) is 29.8 Å². The van der Waals surface area contributed by atoms with Crippen molar-refractivity contribution in [2.75, 3.05) is 13.2 Å². The highest BCUT2D eigenvalue weighted by Crippen LogP contribution is 2.29. The molecule has 0 amide bonds. The first kappa shape index (κ1) is 9.83. The number of para-hydroxylation sites is 1. The Balaban J connectivity index is 2.20. The smallest absolute Gasteiger partial charge is 0.282 e. The third-order valence-electron chi connectivity index (χ3n) is 2.24. The van der Waals surface area contributed by atoms with Crippen molar-refractivity contribution in [3.8, 4) is 5.75 Å². The van der Waals surface area contributed by atoms with E-state index in [1.54, 1.807) is 0 Å². The summed E-state index contributed by atoms with van der Waals surface area (Å²) >= 11 is 0. The van der Waals surface area contributed by atoms with E-state index >= 15 is 0 Å². The Morgan fingerprint density at radius 2 is 2.33 bits per heavy atom. The fourth-order valence-electron chi connectivity index (χ4n) is 1.59. The first-order valence-electron chi connectivity index (χ1n) is 4.99. The molecule has 1 aromatic rings. The highest BCUT2D eigenvalue weighted by molar-refractivity contribution is 5.73. The average molecular weight is 206 g/mol. The molecule has 1 unspecified atom stereocenters. The first-order chi connectivity index (χ1) is 7.31. The molecule has 0 aliphatic carbocycles. The van der Waals surface area contributed by atoms with Crippen LogP contribution in [0.25, 0.3) is 0 Å². The molecule has 0 aromatic heterocycles. The van der Waals surface area contributed by atoms with Gasteiger partial charge in [0, 0.05) is 5.56 Å². The number of hydrogen-bond donors (Lipinski definition) is 1. The zero-order valence-corrected chi connectivity index (χ0v) is 8.64. The van der Waals surface area contributed by atoms with Crippen LogP contribution in [0.2, 0.25) is 0 Å². The quantitative estimate of drug-likeness (QED) is 0.814. The summed E-state index contributed by atoms with van der Waals surface area (Å²) in [6, 6.07) is 8.05. The Morgan fingerprint density at radius 3 is 3.00 bits per heavy atom. The van der Waals surface area contributed by atoms with E-state index in [4.69, 9.17) is 15.2 Å². The lowest BCUT2D eigenvalue weighted by Crippen LogP contribution is -2.13. The minimum atomic E-state index is -0.104. The molecule has 0 fully saturated rings. The molecule has 2 N–H and O–H groups in total. The van der Waals surface area contributed by atoms with Gasteiger partial charge in [0.15, 0.2) is 6.10 Å². The molecule has 0 radical (unpaired) electrons. The van der Waals surface area contributed by atoms with Crippen molar-refractivity contribution in [2.24, 2.45) is 10.7 Å². The van der Waals surface area contributed by atoms with Crippen molar-refractivity contribution in [3.63, 3.8) is 0 Å². The van der Waals surface area contributed by atoms with Crippen LogP contribution in [0.3, 0.4) is 0 Å². The maximum atomic E-state index is 5.51. The number of aliphatic imine (C=N–C) groups is 1. The first-order valence-corrected chi connectivity index (χ1v) is 4.99. The molecule has 1 aliphatic heterocycles. The maximum absolute atomic E-state index is 5.51. The predicted octanol–water partition coefficient (Wildman–Crippen LogP) is 1.47. The highest BCUT2D eigenvalue weighted by Gasteiger charge is 2.22. The molecule has 80 valence electrons. The van der Waals surface area contributed by atoms with E-state index in [-0.39, 0.29) is 12.1 Å². The molecule has 1 heterocycles. The third kappa shape index (κ3) is 2.03. The summed E-state index contributed by atoms with van der Waals surface area (Å²) in [6.07, 6.45) is -0.104. The Labute approximate surface area is 88.7 Å². The molecule has 2 rings (SSSR count). The van der Waals surface area contributed by atoms with Gasteiger partial charge in [0.1, 0.15) is 5.75 Å². The largest absolute Gasteiger partial charge is 0.493 e. The van der Waals surface area contributed by atoms with E-state index in [1.165, 1.54) is 0 Å². The van der Waals surface area contributed by atoms with Crippen molar-refractivity contribution in [2.45, 2.75) is 13.0 Å². The summed E-state index contributed by atoms with van der Waals surface area (Å²) in [5, 5.41) is 0. The van der Waals surface area contributed by atoms with Crippen LogP contribution in [0.15, 0.2) is 29.3 Å². The van der Waals surface area contributed by atoms with Crippen LogP contribution in [0.1, 0.15) is 18.6 Å². The van der Waals surface area contributed by atoms with Gasteiger partial charge in [-0.15, -0.1) is 0 Å². The molecule has 1 aliphatic rings. The highest BCUT2D eigenvalue weighted by atomic mass is 16.5. The Morgan fingerprint density at radius 1 is 1.53 bits per heavy atom. The zero-order chi connectivity index (χ0) is 10.7. The summed E-state index contributed by atoms with van der Waals surface area (Å²) in [4.78, 5) is 4.01. The summed E-state index contributed by atoms with van der Waals surface area (Å²) in [5.41, 5.74) is 6.48. The van der Waals surface area contributed by atoms with Crippen LogP contribution < -0.4 is 10.5 Å². The van der Waals surface area contributed by atoms with Crippen LogP contribution in [-0.2, 0) is 4.74 Å². The van der Waals surface area contributed by atoms with Gasteiger partial charge in [0.2, 0.25) is 0 Å². The zero-order valence-electron chi connectivity index (χ0n) is 8.64. The van der Waals surface area contributed by atoms with Crippen LogP contribution in [0.5, 0.6) is 5.75 Å². The van der Waals surface area contributed by atoms with Gasteiger partial charge in [0.05, 0.1) is 13.2 Å². The molecule has 1 aromatic carbocycles. The number of hydrogen-bond acceptors (Lipinski definition) is 4. The van der Waals surface area contributed by atoms with Gasteiger partial charge >= 0.3 is 0 Å². The predicted molar refractivity (Wildman–Crippen MR) is 57.9 cm³/mol. The fraction of sp³-hybridized carbons (Fsp3) is 0.364. The minimum absolute atomic E-state index is 0.104. The van der Waals surface area contributed by atoms with Gasteiger partial charge in [-0.05, 0) is 13.0 Å². The number of ether oxygens (including phenoxy) is 2. The average Bonchev–Trinajstić information content (AvgIpc) is 2.66. The molecule has 4 nitrogen and oxygen atoms in total. The number of rotatable bonds is 3. The summed E-state index contributed by atoms with van der Waals surface area (Å²) in [6.45, 7) is 3.16. The lowest BCUT2D eigenvalue weighted by Gasteiger charge is -2.14. The second-order valence-electron chi connectivity index (χ2n) is 3.26. The number of nitrogens with two attached hydrogens (primary N) is 1. The molecule has 15 heavy (non-hydrogen) atoms. The molecular weight excluding hydrogens is 192 g/mol. The van der Waals surface area contributed by atoms with E-state index in [0.29, 0.717) is 13.2 Å². The normalized spacial score (nSPS) is 19.5.